The molecule has 8 heteroatoms. The summed E-state index contributed by atoms with van der Waals surface area (Å²) in [5, 5.41) is 5.41. The van der Waals surface area contributed by atoms with Crippen molar-refractivity contribution < 1.29 is 27.5 Å². The highest BCUT2D eigenvalue weighted by molar-refractivity contribution is 6.04. The second kappa shape index (κ2) is 6.46. The number of anilines is 2. The molecule has 2 aromatic carbocycles. The molecule has 5 nitrogen and oxygen atoms in total. The van der Waals surface area contributed by atoms with Gasteiger partial charge in [-0.05, 0) is 54.4 Å². The predicted octanol–water partition coefficient (Wildman–Crippen LogP) is 3.72. The lowest BCUT2D eigenvalue weighted by atomic mass is 10.0. The average molecular weight is 350 g/mol. The summed E-state index contributed by atoms with van der Waals surface area (Å²) in [6, 6.07) is 9.74. The number of hydrogen-bond acceptors (Lipinski definition) is 3. The zero-order valence-corrected chi connectivity index (χ0v) is 12.8. The molecule has 0 atom stereocenters. The highest BCUT2D eigenvalue weighted by Gasteiger charge is 2.31. The number of aryl methyl sites for hydroxylation is 1. The van der Waals surface area contributed by atoms with Gasteiger partial charge in [0.25, 0.3) is 5.91 Å². The number of alkyl halides is 3. The number of fused-ring (bicyclic) bond motifs is 1. The van der Waals surface area contributed by atoms with Crippen molar-refractivity contribution in [1.29, 1.82) is 0 Å². The first-order valence-corrected chi connectivity index (χ1v) is 7.40. The maximum atomic E-state index is 12.2. The van der Waals surface area contributed by atoms with E-state index in [-0.39, 0.29) is 11.5 Å². The maximum absolute atomic E-state index is 12.2. The maximum Gasteiger partial charge on any atom is 0.573 e. The number of nitrogens with one attached hydrogen (secondary N) is 2. The Kier molecular flexibility index (Phi) is 4.35. The number of amides is 2. The van der Waals surface area contributed by atoms with Gasteiger partial charge in [0.2, 0.25) is 5.91 Å². The number of halogens is 3. The van der Waals surface area contributed by atoms with E-state index in [1.165, 1.54) is 12.1 Å². The molecule has 1 aliphatic rings. The van der Waals surface area contributed by atoms with Crippen LogP contribution in [0.5, 0.6) is 5.75 Å². The first-order chi connectivity index (χ1) is 11.8. The Labute approximate surface area is 140 Å². The Bertz CT molecular complexity index is 817. The van der Waals surface area contributed by atoms with Gasteiger partial charge < -0.3 is 15.4 Å². The van der Waals surface area contributed by atoms with Crippen molar-refractivity contribution in [2.75, 3.05) is 10.6 Å². The smallest absolute Gasteiger partial charge is 0.406 e. The second-order valence-corrected chi connectivity index (χ2v) is 5.45. The van der Waals surface area contributed by atoms with Crippen molar-refractivity contribution in [2.45, 2.75) is 19.2 Å². The fourth-order valence-electron chi connectivity index (χ4n) is 2.47. The summed E-state index contributed by atoms with van der Waals surface area (Å²) in [4.78, 5) is 23.5. The van der Waals surface area contributed by atoms with Crippen molar-refractivity contribution in [3.63, 3.8) is 0 Å². The minimum absolute atomic E-state index is 0.0505. The largest absolute Gasteiger partial charge is 0.573 e. The van der Waals surface area contributed by atoms with Crippen molar-refractivity contribution in [1.82, 2.24) is 0 Å². The Morgan fingerprint density at radius 1 is 1.08 bits per heavy atom. The van der Waals surface area contributed by atoms with Gasteiger partial charge in [-0.25, -0.2) is 0 Å². The highest BCUT2D eigenvalue weighted by atomic mass is 19.4. The zero-order valence-electron chi connectivity index (χ0n) is 12.8. The van der Waals surface area contributed by atoms with Crippen LogP contribution < -0.4 is 15.4 Å². The van der Waals surface area contributed by atoms with E-state index in [0.29, 0.717) is 24.2 Å². The quantitative estimate of drug-likeness (QED) is 0.887. The molecule has 0 aromatic heterocycles. The van der Waals surface area contributed by atoms with Gasteiger partial charge in [-0.1, -0.05) is 0 Å². The third-order valence-corrected chi connectivity index (χ3v) is 3.61. The molecule has 3 rings (SSSR count). The van der Waals surface area contributed by atoms with Crippen LogP contribution in [0.2, 0.25) is 0 Å². The second-order valence-electron chi connectivity index (χ2n) is 5.45. The predicted molar refractivity (Wildman–Crippen MR) is 84.5 cm³/mol. The highest BCUT2D eigenvalue weighted by Crippen LogP contribution is 2.26. The monoisotopic (exact) mass is 350 g/mol. The van der Waals surface area contributed by atoms with E-state index in [0.717, 1.165) is 17.7 Å². The lowest BCUT2D eigenvalue weighted by Crippen LogP contribution is -2.19. The molecule has 1 heterocycles. The minimum Gasteiger partial charge on any atom is -0.406 e. The zero-order chi connectivity index (χ0) is 18.0. The van der Waals surface area contributed by atoms with Crippen LogP contribution in [0.15, 0.2) is 42.5 Å². The van der Waals surface area contributed by atoms with E-state index in [1.807, 2.05) is 0 Å². The molecule has 0 unspecified atom stereocenters. The first kappa shape index (κ1) is 16.8. The third-order valence-electron chi connectivity index (χ3n) is 3.61. The molecular weight excluding hydrogens is 337 g/mol. The Hall–Kier alpha value is -3.03. The summed E-state index contributed by atoms with van der Waals surface area (Å²) in [6.07, 6.45) is -3.82. The van der Waals surface area contributed by atoms with E-state index in [9.17, 15) is 22.8 Å². The van der Waals surface area contributed by atoms with E-state index >= 15 is 0 Å². The minimum atomic E-state index is -4.78. The van der Waals surface area contributed by atoms with Gasteiger partial charge in [0.1, 0.15) is 5.75 Å². The number of ether oxygens (including phenoxy) is 1. The molecule has 0 aliphatic carbocycles. The van der Waals surface area contributed by atoms with Crippen LogP contribution in [-0.4, -0.2) is 18.2 Å². The Balaban J connectivity index is 1.69. The fourth-order valence-corrected chi connectivity index (χ4v) is 2.47. The van der Waals surface area contributed by atoms with Gasteiger partial charge in [0, 0.05) is 23.4 Å². The van der Waals surface area contributed by atoms with E-state index in [4.69, 9.17) is 0 Å². The van der Waals surface area contributed by atoms with E-state index < -0.39 is 18.0 Å². The lowest BCUT2D eigenvalue weighted by Gasteiger charge is -2.17. The molecule has 0 bridgehead atoms. The first-order valence-electron chi connectivity index (χ1n) is 7.40. The van der Waals surface area contributed by atoms with Crippen LogP contribution in [0.3, 0.4) is 0 Å². The topological polar surface area (TPSA) is 67.4 Å². The number of carbonyl (C=O) groups is 2. The molecule has 0 saturated heterocycles. The SMILES string of the molecule is O=C1CCc2cc(NC(=O)c3ccc(OC(F)(F)F)cc3)ccc2N1. The number of hydrogen-bond donors (Lipinski definition) is 2. The number of benzene rings is 2. The molecule has 130 valence electrons. The van der Waals surface area contributed by atoms with Crippen LogP contribution >= 0.6 is 0 Å². The van der Waals surface area contributed by atoms with Crippen LogP contribution in [0.1, 0.15) is 22.3 Å². The van der Waals surface area contributed by atoms with Crippen LogP contribution in [0.25, 0.3) is 0 Å². The molecular formula is C17H13F3N2O3. The van der Waals surface area contributed by atoms with Gasteiger partial charge in [-0.15, -0.1) is 13.2 Å². The van der Waals surface area contributed by atoms with Gasteiger partial charge in [0.05, 0.1) is 0 Å². The van der Waals surface area contributed by atoms with Crippen molar-refractivity contribution in [2.24, 2.45) is 0 Å². The molecule has 2 N–H and O–H groups in total. The summed E-state index contributed by atoms with van der Waals surface area (Å²) in [7, 11) is 0. The molecule has 0 radical (unpaired) electrons. The summed E-state index contributed by atoms with van der Waals surface area (Å²) in [6.45, 7) is 0. The molecule has 0 fully saturated rings. The Morgan fingerprint density at radius 3 is 2.48 bits per heavy atom. The standard InChI is InChI=1S/C17H13F3N2O3/c18-17(19,20)25-13-5-1-10(2-6-13)16(24)21-12-4-7-14-11(9-12)3-8-15(23)22-14/h1-2,4-7,9H,3,8H2,(H,21,24)(H,22,23). The molecule has 25 heavy (non-hydrogen) atoms. The number of carbonyl (C=O) groups excluding carboxylic acids is 2. The van der Waals surface area contributed by atoms with Crippen LogP contribution in [0, 0.1) is 0 Å². The normalized spacial score (nSPS) is 13.6. The van der Waals surface area contributed by atoms with E-state index in [1.54, 1.807) is 18.2 Å². The van der Waals surface area contributed by atoms with Gasteiger partial charge in [-0.2, -0.15) is 0 Å². The van der Waals surface area contributed by atoms with Gasteiger partial charge in [0.15, 0.2) is 0 Å². The van der Waals surface area contributed by atoms with Gasteiger partial charge >= 0.3 is 6.36 Å². The molecule has 0 spiro atoms. The number of rotatable bonds is 3. The lowest BCUT2D eigenvalue weighted by molar-refractivity contribution is -0.274. The molecule has 2 amide bonds. The molecule has 0 saturated carbocycles. The van der Waals surface area contributed by atoms with Crippen molar-refractivity contribution >= 4 is 23.2 Å². The molecule has 1 aliphatic heterocycles. The van der Waals surface area contributed by atoms with E-state index in [2.05, 4.69) is 15.4 Å². The summed E-state index contributed by atoms with van der Waals surface area (Å²) < 4.78 is 40.1. The fraction of sp³-hybridized carbons (Fsp3) is 0.176. The average Bonchev–Trinajstić information content (AvgIpc) is 2.54. The summed E-state index contributed by atoms with van der Waals surface area (Å²) >= 11 is 0. The molecule has 2 aromatic rings. The summed E-state index contributed by atoms with van der Waals surface area (Å²) in [5.74, 6) is -0.905. The van der Waals surface area contributed by atoms with Gasteiger partial charge in [-0.3, -0.25) is 9.59 Å². The Morgan fingerprint density at radius 2 is 1.80 bits per heavy atom. The van der Waals surface area contributed by atoms with Crippen molar-refractivity contribution in [3.8, 4) is 5.75 Å². The van der Waals surface area contributed by atoms with Crippen LogP contribution in [0.4, 0.5) is 24.5 Å². The third kappa shape index (κ3) is 4.28. The van der Waals surface area contributed by atoms with Crippen molar-refractivity contribution in [3.05, 3.63) is 53.6 Å². The summed E-state index contributed by atoms with van der Waals surface area (Å²) in [5.41, 5.74) is 2.35. The van der Waals surface area contributed by atoms with Crippen LogP contribution in [-0.2, 0) is 11.2 Å².